The Labute approximate surface area is 137 Å². The molecule has 5 heteroatoms. The molecule has 2 rings (SSSR count). The highest BCUT2D eigenvalue weighted by molar-refractivity contribution is 9.09. The molecule has 2 aliphatic rings. The van der Waals surface area contributed by atoms with Gasteiger partial charge in [-0.2, -0.15) is 0 Å². The molecule has 2 saturated carbocycles. The highest BCUT2D eigenvalue weighted by Gasteiger charge is 2.50. The Bertz CT molecular complexity index is 343. The molecule has 0 amide bonds. The molecular formula is C16H27BrO3P+. The van der Waals surface area contributed by atoms with Gasteiger partial charge in [0.1, 0.15) is 0 Å². The lowest BCUT2D eigenvalue weighted by atomic mass is 9.66. The second-order valence-corrected chi connectivity index (χ2v) is 7.71. The van der Waals surface area contributed by atoms with Gasteiger partial charge in [0.2, 0.25) is 0 Å². The van der Waals surface area contributed by atoms with Crippen LogP contribution in [0.15, 0.2) is 12.2 Å². The molecule has 120 valence electrons. The van der Waals surface area contributed by atoms with Gasteiger partial charge in [-0.3, -0.25) is 0 Å². The predicted molar refractivity (Wildman–Crippen MR) is 89.7 cm³/mol. The summed E-state index contributed by atoms with van der Waals surface area (Å²) in [5, 5.41) is 0.764. The summed E-state index contributed by atoms with van der Waals surface area (Å²) in [7, 11) is -2.57. The van der Waals surface area contributed by atoms with Crippen molar-refractivity contribution in [3.63, 3.8) is 0 Å². The number of halogens is 1. The van der Waals surface area contributed by atoms with Crippen molar-refractivity contribution < 1.29 is 14.0 Å². The molecule has 0 saturated heterocycles. The molecular weight excluding hydrogens is 351 g/mol. The minimum absolute atomic E-state index is 0.385. The Hall–Kier alpha value is 0.240. The van der Waals surface area contributed by atoms with Crippen molar-refractivity contribution in [3.05, 3.63) is 12.2 Å². The molecule has 0 bridgehead atoms. The monoisotopic (exact) mass is 377 g/mol. The van der Waals surface area contributed by atoms with Crippen LogP contribution in [0.3, 0.4) is 0 Å². The van der Waals surface area contributed by atoms with Crippen LogP contribution in [0, 0.1) is 11.8 Å². The van der Waals surface area contributed by atoms with Gasteiger partial charge >= 0.3 is 8.25 Å². The van der Waals surface area contributed by atoms with Crippen LogP contribution in [0.25, 0.3) is 0 Å². The van der Waals surface area contributed by atoms with Crippen molar-refractivity contribution >= 4 is 24.2 Å². The van der Waals surface area contributed by atoms with E-state index in [0.29, 0.717) is 11.8 Å². The normalized spacial score (nSPS) is 23.6. The van der Waals surface area contributed by atoms with Crippen LogP contribution in [-0.2, 0) is 9.09 Å². The van der Waals surface area contributed by atoms with Crippen LogP contribution in [0.1, 0.15) is 64.2 Å². The molecule has 2 aliphatic carbocycles. The lowest BCUT2D eigenvalue weighted by Gasteiger charge is -2.43. The molecule has 2 fully saturated rings. The first-order valence-electron chi connectivity index (χ1n) is 8.28. The van der Waals surface area contributed by atoms with Crippen LogP contribution in [0.2, 0.25) is 0 Å². The zero-order valence-corrected chi connectivity index (χ0v) is 15.2. The average Bonchev–Trinajstić information content (AvgIpc) is 2.53. The Morgan fingerprint density at radius 2 is 1.52 bits per heavy atom. The minimum Gasteiger partial charge on any atom is -0.133 e. The van der Waals surface area contributed by atoms with Crippen LogP contribution in [0.5, 0.6) is 0 Å². The van der Waals surface area contributed by atoms with Gasteiger partial charge in [0.05, 0.1) is 0 Å². The van der Waals surface area contributed by atoms with Crippen molar-refractivity contribution in [2.24, 2.45) is 11.8 Å². The Morgan fingerprint density at radius 1 is 1.05 bits per heavy atom. The molecule has 0 spiro atoms. The van der Waals surface area contributed by atoms with Gasteiger partial charge in [0, 0.05) is 9.90 Å². The third-order valence-electron chi connectivity index (χ3n) is 5.19. The summed E-state index contributed by atoms with van der Waals surface area (Å²) in [4.78, 5) is 9.49. The summed E-state index contributed by atoms with van der Waals surface area (Å²) in [6.07, 6.45) is 16.1. The van der Waals surface area contributed by atoms with Crippen LogP contribution in [0.4, 0.5) is 0 Å². The summed E-state index contributed by atoms with van der Waals surface area (Å²) in [5.74, 6) is 0.770. The average molecular weight is 378 g/mol. The van der Waals surface area contributed by atoms with Crippen LogP contribution >= 0.6 is 24.2 Å². The molecule has 21 heavy (non-hydrogen) atoms. The predicted octanol–water partition coefficient (Wildman–Crippen LogP) is 5.50. The van der Waals surface area contributed by atoms with E-state index in [-0.39, 0.29) is 0 Å². The first kappa shape index (κ1) is 17.6. The van der Waals surface area contributed by atoms with Crippen molar-refractivity contribution in [3.8, 4) is 0 Å². The van der Waals surface area contributed by atoms with E-state index in [2.05, 4.69) is 28.1 Å². The number of rotatable bonds is 6. The number of hydrogen-bond acceptors (Lipinski definition) is 2. The minimum atomic E-state index is -2.57. The van der Waals surface area contributed by atoms with Gasteiger partial charge in [-0.05, 0) is 37.5 Å². The number of hydrogen-bond donors (Lipinski definition) is 1. The van der Waals surface area contributed by atoms with Gasteiger partial charge in [0.15, 0.2) is 5.60 Å². The summed E-state index contributed by atoms with van der Waals surface area (Å²) in [6.45, 7) is 0. The summed E-state index contributed by atoms with van der Waals surface area (Å²) in [5.41, 5.74) is -0.531. The van der Waals surface area contributed by atoms with E-state index in [1.54, 1.807) is 0 Å². The summed E-state index contributed by atoms with van der Waals surface area (Å²) in [6, 6.07) is 0. The molecule has 0 aromatic rings. The van der Waals surface area contributed by atoms with E-state index in [1.165, 1.54) is 38.5 Å². The molecule has 0 aromatic heterocycles. The molecule has 0 aliphatic heterocycles. The van der Waals surface area contributed by atoms with Crippen LogP contribution in [-0.4, -0.2) is 15.8 Å². The largest absolute Gasteiger partial charge is 0.695 e. The second kappa shape index (κ2) is 8.76. The lowest BCUT2D eigenvalue weighted by molar-refractivity contribution is -0.0310. The Kier molecular flexibility index (Phi) is 7.34. The SMILES string of the molecule is O=[P+](O)OC(C=CCBr)(C1CCCCC1)C1CCCCC1. The summed E-state index contributed by atoms with van der Waals surface area (Å²) >= 11 is 3.44. The van der Waals surface area contributed by atoms with Crippen molar-refractivity contribution in [2.75, 3.05) is 5.33 Å². The first-order chi connectivity index (χ1) is 10.2. The smallest absolute Gasteiger partial charge is 0.133 e. The van der Waals surface area contributed by atoms with E-state index in [4.69, 9.17) is 4.52 Å². The zero-order valence-electron chi connectivity index (χ0n) is 12.7. The zero-order chi connectivity index (χ0) is 15.1. The van der Waals surface area contributed by atoms with Crippen molar-refractivity contribution in [1.29, 1.82) is 0 Å². The van der Waals surface area contributed by atoms with E-state index in [9.17, 15) is 9.46 Å². The molecule has 1 atom stereocenters. The number of alkyl halides is 1. The standard InChI is InChI=1S/C16H26BrO3P/c17-13-7-12-16(20-21(18)19,14-8-3-1-4-9-14)15-10-5-2-6-11-15/h7,12,14-15H,1-6,8-11,13H2/p+1. The molecule has 3 nitrogen and oxygen atoms in total. The highest BCUT2D eigenvalue weighted by atomic mass is 79.9. The van der Waals surface area contributed by atoms with E-state index in [0.717, 1.165) is 31.0 Å². The number of allylic oxidation sites excluding steroid dienone is 1. The fourth-order valence-corrected chi connectivity index (χ4v) is 5.07. The fraction of sp³-hybridized carbons (Fsp3) is 0.875. The van der Waals surface area contributed by atoms with E-state index < -0.39 is 13.9 Å². The Balaban J connectivity index is 2.30. The Morgan fingerprint density at radius 3 is 1.90 bits per heavy atom. The summed E-state index contributed by atoms with van der Waals surface area (Å²) < 4.78 is 17.3. The molecule has 0 heterocycles. The maximum atomic E-state index is 11.5. The lowest BCUT2D eigenvalue weighted by Crippen LogP contribution is -2.46. The van der Waals surface area contributed by atoms with Gasteiger partial charge in [0.25, 0.3) is 0 Å². The third kappa shape index (κ3) is 4.60. The first-order valence-corrected chi connectivity index (χ1v) is 10.5. The van der Waals surface area contributed by atoms with E-state index >= 15 is 0 Å². The van der Waals surface area contributed by atoms with Gasteiger partial charge in [-0.1, -0.05) is 66.6 Å². The van der Waals surface area contributed by atoms with Gasteiger partial charge in [-0.15, -0.1) is 9.42 Å². The highest BCUT2D eigenvalue weighted by Crippen LogP contribution is 2.49. The molecule has 0 aromatic carbocycles. The molecule has 1 N–H and O–H groups in total. The van der Waals surface area contributed by atoms with Crippen LogP contribution < -0.4 is 0 Å². The van der Waals surface area contributed by atoms with Crippen molar-refractivity contribution in [1.82, 2.24) is 0 Å². The third-order valence-corrected chi connectivity index (χ3v) is 6.04. The molecule has 1 unspecified atom stereocenters. The van der Waals surface area contributed by atoms with E-state index in [1.807, 2.05) is 0 Å². The van der Waals surface area contributed by atoms with Crippen molar-refractivity contribution in [2.45, 2.75) is 69.8 Å². The van der Waals surface area contributed by atoms with Gasteiger partial charge in [-0.25, -0.2) is 0 Å². The maximum Gasteiger partial charge on any atom is 0.695 e. The second-order valence-electron chi connectivity index (χ2n) is 6.41. The topological polar surface area (TPSA) is 46.5 Å². The van der Waals surface area contributed by atoms with Gasteiger partial charge < -0.3 is 0 Å². The maximum absolute atomic E-state index is 11.5. The quantitative estimate of drug-likeness (QED) is 0.377. The fourth-order valence-electron chi connectivity index (χ4n) is 4.26. The molecule has 0 radical (unpaired) electrons.